The van der Waals surface area contributed by atoms with Crippen LogP contribution in [-0.4, -0.2) is 30.5 Å². The number of halogens is 1. The molecule has 2 aromatic carbocycles. The van der Waals surface area contributed by atoms with Gasteiger partial charge in [0.25, 0.3) is 11.8 Å². The zero-order valence-electron chi connectivity index (χ0n) is 15.5. The van der Waals surface area contributed by atoms with E-state index in [0.717, 1.165) is 0 Å². The molecule has 8 nitrogen and oxygen atoms in total. The molecule has 1 heterocycles. The SMILES string of the molecule is O=C(CNC(=O)c1ccccc1Br)NN=Cc1ccc(OC(=O)c2ccco2)cc1. The van der Waals surface area contributed by atoms with Crippen LogP contribution in [0.5, 0.6) is 5.75 Å². The Morgan fingerprint density at radius 2 is 1.80 bits per heavy atom. The van der Waals surface area contributed by atoms with E-state index in [1.807, 2.05) is 0 Å². The molecule has 0 aliphatic carbocycles. The van der Waals surface area contributed by atoms with E-state index in [4.69, 9.17) is 9.15 Å². The quantitative estimate of drug-likeness (QED) is 0.239. The fourth-order valence-electron chi connectivity index (χ4n) is 2.29. The summed E-state index contributed by atoms with van der Waals surface area (Å²) in [5.74, 6) is -1.00. The van der Waals surface area contributed by atoms with E-state index in [1.165, 1.54) is 18.5 Å². The van der Waals surface area contributed by atoms with Gasteiger partial charge in [-0.05, 0) is 70.0 Å². The molecule has 30 heavy (non-hydrogen) atoms. The van der Waals surface area contributed by atoms with Gasteiger partial charge in [0.1, 0.15) is 5.75 Å². The van der Waals surface area contributed by atoms with Crippen molar-refractivity contribution in [3.8, 4) is 5.75 Å². The average Bonchev–Trinajstić information content (AvgIpc) is 3.29. The third-order valence-electron chi connectivity index (χ3n) is 3.74. The average molecular weight is 470 g/mol. The van der Waals surface area contributed by atoms with Crippen LogP contribution in [0, 0.1) is 0 Å². The van der Waals surface area contributed by atoms with E-state index in [1.54, 1.807) is 54.6 Å². The lowest BCUT2D eigenvalue weighted by Crippen LogP contribution is -2.35. The maximum absolute atomic E-state index is 12.0. The summed E-state index contributed by atoms with van der Waals surface area (Å²) in [7, 11) is 0. The molecular formula is C21H16BrN3O5. The van der Waals surface area contributed by atoms with Crippen molar-refractivity contribution < 1.29 is 23.5 Å². The normalized spacial score (nSPS) is 10.6. The fourth-order valence-corrected chi connectivity index (χ4v) is 2.76. The van der Waals surface area contributed by atoms with Crippen LogP contribution in [0.1, 0.15) is 26.5 Å². The number of hydrogen-bond acceptors (Lipinski definition) is 6. The highest BCUT2D eigenvalue weighted by Crippen LogP contribution is 2.15. The summed E-state index contributed by atoms with van der Waals surface area (Å²) < 4.78 is 10.8. The number of nitrogens with one attached hydrogen (secondary N) is 2. The monoisotopic (exact) mass is 469 g/mol. The number of benzene rings is 2. The smallest absolute Gasteiger partial charge is 0.379 e. The molecule has 0 radical (unpaired) electrons. The van der Waals surface area contributed by atoms with Crippen LogP contribution in [0.4, 0.5) is 0 Å². The highest BCUT2D eigenvalue weighted by Gasteiger charge is 2.11. The summed E-state index contributed by atoms with van der Waals surface area (Å²) in [4.78, 5) is 35.7. The Kier molecular flexibility index (Phi) is 7.12. The standard InChI is InChI=1S/C21H16BrN3O5/c22-17-5-2-1-4-16(17)20(27)23-13-19(26)25-24-12-14-7-9-15(10-8-14)30-21(28)18-6-3-11-29-18/h1-12H,13H2,(H,23,27)(H,25,26). The Labute approximate surface area is 180 Å². The van der Waals surface area contributed by atoms with Gasteiger partial charge in [0, 0.05) is 4.47 Å². The van der Waals surface area contributed by atoms with Crippen molar-refractivity contribution in [1.29, 1.82) is 0 Å². The zero-order chi connectivity index (χ0) is 21.3. The Hall–Kier alpha value is -3.72. The number of hydrazone groups is 1. The molecule has 2 N–H and O–H groups in total. The molecule has 3 aromatic rings. The van der Waals surface area contributed by atoms with Crippen LogP contribution in [0.3, 0.4) is 0 Å². The lowest BCUT2D eigenvalue weighted by molar-refractivity contribution is -0.120. The summed E-state index contributed by atoms with van der Waals surface area (Å²) in [6.45, 7) is -0.223. The third-order valence-corrected chi connectivity index (χ3v) is 4.44. The van der Waals surface area contributed by atoms with E-state index in [0.29, 0.717) is 21.3 Å². The van der Waals surface area contributed by atoms with Crippen molar-refractivity contribution in [3.05, 3.63) is 88.3 Å². The summed E-state index contributed by atoms with van der Waals surface area (Å²) in [6.07, 6.45) is 2.81. The van der Waals surface area contributed by atoms with Crippen molar-refractivity contribution in [3.63, 3.8) is 0 Å². The van der Waals surface area contributed by atoms with Crippen molar-refractivity contribution >= 4 is 39.9 Å². The van der Waals surface area contributed by atoms with Crippen molar-refractivity contribution in [2.24, 2.45) is 5.10 Å². The van der Waals surface area contributed by atoms with Crippen LogP contribution in [0.15, 0.2) is 80.9 Å². The molecule has 0 fully saturated rings. The number of amides is 2. The lowest BCUT2D eigenvalue weighted by atomic mass is 10.2. The second kappa shape index (κ2) is 10.2. The first-order valence-electron chi connectivity index (χ1n) is 8.73. The van der Waals surface area contributed by atoms with Gasteiger partial charge in [-0.2, -0.15) is 5.10 Å². The second-order valence-electron chi connectivity index (χ2n) is 5.89. The first-order chi connectivity index (χ1) is 14.5. The summed E-state index contributed by atoms with van der Waals surface area (Å²) in [5, 5.41) is 6.35. The molecule has 0 aliphatic heterocycles. The van der Waals surface area contributed by atoms with Gasteiger partial charge < -0.3 is 14.5 Å². The van der Waals surface area contributed by atoms with Gasteiger partial charge in [0.15, 0.2) is 0 Å². The Bertz CT molecular complexity index is 1060. The van der Waals surface area contributed by atoms with E-state index in [-0.39, 0.29) is 18.2 Å². The molecule has 9 heteroatoms. The van der Waals surface area contributed by atoms with Gasteiger partial charge >= 0.3 is 5.97 Å². The van der Waals surface area contributed by atoms with Crippen LogP contribution in [0.2, 0.25) is 0 Å². The Morgan fingerprint density at radius 3 is 2.50 bits per heavy atom. The molecule has 2 amide bonds. The first kappa shape index (κ1) is 21.0. The fraction of sp³-hybridized carbons (Fsp3) is 0.0476. The minimum atomic E-state index is -0.599. The largest absolute Gasteiger partial charge is 0.457 e. The van der Waals surface area contributed by atoms with Crippen molar-refractivity contribution in [1.82, 2.24) is 10.7 Å². The number of rotatable bonds is 7. The molecule has 1 aromatic heterocycles. The lowest BCUT2D eigenvalue weighted by Gasteiger charge is -2.05. The molecule has 0 unspecified atom stereocenters. The van der Waals surface area contributed by atoms with Crippen molar-refractivity contribution in [2.45, 2.75) is 0 Å². The van der Waals surface area contributed by atoms with E-state index < -0.39 is 11.9 Å². The number of hydrogen-bond donors (Lipinski definition) is 2. The Morgan fingerprint density at radius 1 is 1.03 bits per heavy atom. The first-order valence-corrected chi connectivity index (χ1v) is 9.52. The van der Waals surface area contributed by atoms with Crippen LogP contribution in [0.25, 0.3) is 0 Å². The predicted molar refractivity (Wildman–Crippen MR) is 112 cm³/mol. The highest BCUT2D eigenvalue weighted by atomic mass is 79.9. The van der Waals surface area contributed by atoms with Gasteiger partial charge in [-0.3, -0.25) is 9.59 Å². The molecular weight excluding hydrogens is 454 g/mol. The topological polar surface area (TPSA) is 110 Å². The molecule has 0 aliphatic rings. The van der Waals surface area contributed by atoms with Gasteiger partial charge in [-0.25, -0.2) is 10.2 Å². The molecule has 3 rings (SSSR count). The molecule has 152 valence electrons. The number of furan rings is 1. The Balaban J connectivity index is 1.44. The molecule has 0 bridgehead atoms. The van der Waals surface area contributed by atoms with E-state index >= 15 is 0 Å². The maximum atomic E-state index is 12.0. The van der Waals surface area contributed by atoms with E-state index in [9.17, 15) is 14.4 Å². The zero-order valence-corrected chi connectivity index (χ0v) is 17.1. The third kappa shape index (κ3) is 5.89. The molecule has 0 saturated heterocycles. The predicted octanol–water partition coefficient (Wildman–Crippen LogP) is 3.14. The number of nitrogens with zero attached hydrogens (tertiary/aromatic N) is 1. The molecule has 0 spiro atoms. The number of carbonyl (C=O) groups excluding carboxylic acids is 3. The van der Waals surface area contributed by atoms with Gasteiger partial charge in [0.2, 0.25) is 5.76 Å². The highest BCUT2D eigenvalue weighted by molar-refractivity contribution is 9.10. The summed E-state index contributed by atoms with van der Waals surface area (Å²) >= 11 is 3.28. The summed E-state index contributed by atoms with van der Waals surface area (Å²) in [6, 6.07) is 16.5. The van der Waals surface area contributed by atoms with Crippen LogP contribution >= 0.6 is 15.9 Å². The molecule has 0 atom stereocenters. The molecule has 0 saturated carbocycles. The minimum Gasteiger partial charge on any atom is -0.457 e. The minimum absolute atomic E-state index is 0.107. The van der Waals surface area contributed by atoms with Crippen LogP contribution in [-0.2, 0) is 4.79 Å². The number of ether oxygens (including phenoxy) is 1. The second-order valence-corrected chi connectivity index (χ2v) is 6.75. The maximum Gasteiger partial charge on any atom is 0.379 e. The van der Waals surface area contributed by atoms with E-state index in [2.05, 4.69) is 31.8 Å². The number of carbonyl (C=O) groups is 3. The van der Waals surface area contributed by atoms with Gasteiger partial charge in [0.05, 0.1) is 24.6 Å². The summed E-state index contributed by atoms with van der Waals surface area (Å²) in [5.41, 5.74) is 3.43. The van der Waals surface area contributed by atoms with Gasteiger partial charge in [-0.1, -0.05) is 12.1 Å². The number of esters is 1. The van der Waals surface area contributed by atoms with Crippen molar-refractivity contribution in [2.75, 3.05) is 6.54 Å². The van der Waals surface area contributed by atoms with Crippen LogP contribution < -0.4 is 15.5 Å². The van der Waals surface area contributed by atoms with Gasteiger partial charge in [-0.15, -0.1) is 0 Å².